The Kier molecular flexibility index (Phi) is 5.77. The van der Waals surface area contributed by atoms with E-state index in [1.165, 1.54) is 11.8 Å². The quantitative estimate of drug-likeness (QED) is 0.914. The molecule has 0 aliphatic carbocycles. The predicted octanol–water partition coefficient (Wildman–Crippen LogP) is 3.32. The molecular weight excluding hydrogens is 312 g/mol. The van der Waals surface area contributed by atoms with Crippen molar-refractivity contribution in [2.24, 2.45) is 0 Å². The van der Waals surface area contributed by atoms with Gasteiger partial charge in [0.2, 0.25) is 11.8 Å². The molecule has 2 rings (SSSR count). The summed E-state index contributed by atoms with van der Waals surface area (Å²) in [7, 11) is 0. The van der Waals surface area contributed by atoms with E-state index >= 15 is 0 Å². The van der Waals surface area contributed by atoms with Crippen molar-refractivity contribution >= 4 is 29.1 Å². The minimum absolute atomic E-state index is 0.0401. The van der Waals surface area contributed by atoms with E-state index in [-0.39, 0.29) is 18.4 Å². The van der Waals surface area contributed by atoms with E-state index in [1.807, 2.05) is 43.3 Å². The molecule has 120 valence electrons. The van der Waals surface area contributed by atoms with Crippen molar-refractivity contribution in [3.05, 3.63) is 64.7 Å². The summed E-state index contributed by atoms with van der Waals surface area (Å²) >= 11 is 6.10. The second kappa shape index (κ2) is 7.79. The van der Waals surface area contributed by atoms with Crippen LogP contribution in [0.5, 0.6) is 0 Å². The molecule has 2 aromatic rings. The third kappa shape index (κ3) is 4.83. The lowest BCUT2D eigenvalue weighted by molar-refractivity contribution is -0.123. The molecule has 1 N–H and O–H groups in total. The first-order valence-corrected chi connectivity index (χ1v) is 7.70. The van der Waals surface area contributed by atoms with Crippen LogP contribution in [0.15, 0.2) is 48.5 Å². The van der Waals surface area contributed by atoms with Crippen molar-refractivity contribution in [3.8, 4) is 0 Å². The van der Waals surface area contributed by atoms with Gasteiger partial charge in [0.05, 0.1) is 0 Å². The molecular formula is C18H19ClN2O2. The number of nitrogens with one attached hydrogen (secondary N) is 1. The van der Waals surface area contributed by atoms with Gasteiger partial charge in [0.15, 0.2) is 0 Å². The van der Waals surface area contributed by atoms with E-state index in [2.05, 4.69) is 5.32 Å². The topological polar surface area (TPSA) is 49.4 Å². The van der Waals surface area contributed by atoms with Crippen LogP contribution in [-0.2, 0) is 16.1 Å². The first-order valence-electron chi connectivity index (χ1n) is 7.32. The molecule has 0 unspecified atom stereocenters. The Morgan fingerprint density at radius 1 is 1.13 bits per heavy atom. The number of rotatable bonds is 5. The summed E-state index contributed by atoms with van der Waals surface area (Å²) in [5.41, 5.74) is 2.55. The van der Waals surface area contributed by atoms with Gasteiger partial charge in [0.1, 0.15) is 6.54 Å². The zero-order chi connectivity index (χ0) is 16.8. The van der Waals surface area contributed by atoms with Gasteiger partial charge < -0.3 is 10.2 Å². The van der Waals surface area contributed by atoms with Crippen LogP contribution in [0.1, 0.15) is 18.1 Å². The fraction of sp³-hybridized carbons (Fsp3) is 0.222. The van der Waals surface area contributed by atoms with Gasteiger partial charge in [-0.3, -0.25) is 9.59 Å². The molecule has 4 nitrogen and oxygen atoms in total. The standard InChI is InChI=1S/C18H19ClN2O2/c1-13-8-9-16(10-17(13)19)21(14(2)22)12-18(23)20-11-15-6-4-3-5-7-15/h3-10H,11-12H2,1-2H3,(H,20,23). The molecule has 5 heteroatoms. The summed E-state index contributed by atoms with van der Waals surface area (Å²) in [6, 6.07) is 14.9. The first kappa shape index (κ1) is 17.0. The van der Waals surface area contributed by atoms with Gasteiger partial charge in [-0.1, -0.05) is 48.0 Å². The zero-order valence-corrected chi connectivity index (χ0v) is 13.9. The van der Waals surface area contributed by atoms with E-state index < -0.39 is 0 Å². The number of hydrogen-bond donors (Lipinski definition) is 1. The zero-order valence-electron chi connectivity index (χ0n) is 13.2. The number of benzene rings is 2. The van der Waals surface area contributed by atoms with Crippen molar-refractivity contribution in [1.29, 1.82) is 0 Å². The van der Waals surface area contributed by atoms with Gasteiger partial charge in [-0.25, -0.2) is 0 Å². The van der Waals surface area contributed by atoms with Gasteiger partial charge in [-0.2, -0.15) is 0 Å². The molecule has 2 amide bonds. The molecule has 2 aromatic carbocycles. The summed E-state index contributed by atoms with van der Waals surface area (Å²) in [5, 5.41) is 3.38. The molecule has 0 aliphatic heterocycles. The maximum absolute atomic E-state index is 12.1. The summed E-state index contributed by atoms with van der Waals surface area (Å²) in [4.78, 5) is 25.4. The van der Waals surface area contributed by atoms with E-state index in [9.17, 15) is 9.59 Å². The van der Waals surface area contributed by atoms with E-state index in [0.29, 0.717) is 17.3 Å². The van der Waals surface area contributed by atoms with Gasteiger partial charge in [0, 0.05) is 24.2 Å². The van der Waals surface area contributed by atoms with Crippen molar-refractivity contribution in [1.82, 2.24) is 5.32 Å². The van der Waals surface area contributed by atoms with E-state index in [4.69, 9.17) is 11.6 Å². The fourth-order valence-electron chi connectivity index (χ4n) is 2.13. The van der Waals surface area contributed by atoms with E-state index in [0.717, 1.165) is 11.1 Å². The number of carbonyl (C=O) groups is 2. The molecule has 0 bridgehead atoms. The van der Waals surface area contributed by atoms with Crippen LogP contribution in [0.3, 0.4) is 0 Å². The highest BCUT2D eigenvalue weighted by Crippen LogP contribution is 2.23. The summed E-state index contributed by atoms with van der Waals surface area (Å²) < 4.78 is 0. The highest BCUT2D eigenvalue weighted by molar-refractivity contribution is 6.31. The molecule has 0 atom stereocenters. The molecule has 0 aliphatic rings. The Morgan fingerprint density at radius 3 is 2.43 bits per heavy atom. The first-order chi connectivity index (χ1) is 11.0. The van der Waals surface area contributed by atoms with Gasteiger partial charge in [-0.05, 0) is 30.2 Å². The Morgan fingerprint density at radius 2 is 1.83 bits per heavy atom. The summed E-state index contributed by atoms with van der Waals surface area (Å²) in [5.74, 6) is -0.430. The molecule has 0 saturated heterocycles. The minimum atomic E-state index is -0.222. The smallest absolute Gasteiger partial charge is 0.240 e. The lowest BCUT2D eigenvalue weighted by Gasteiger charge is -2.21. The summed E-state index contributed by atoms with van der Waals surface area (Å²) in [6.07, 6.45) is 0. The lowest BCUT2D eigenvalue weighted by Crippen LogP contribution is -2.39. The number of hydrogen-bond acceptors (Lipinski definition) is 2. The Labute approximate surface area is 141 Å². The second-order valence-corrected chi connectivity index (χ2v) is 5.71. The largest absolute Gasteiger partial charge is 0.350 e. The maximum Gasteiger partial charge on any atom is 0.240 e. The minimum Gasteiger partial charge on any atom is -0.350 e. The molecule has 0 radical (unpaired) electrons. The Hall–Kier alpha value is -2.33. The molecule has 0 aromatic heterocycles. The number of anilines is 1. The molecule has 0 saturated carbocycles. The predicted molar refractivity (Wildman–Crippen MR) is 92.5 cm³/mol. The van der Waals surface area contributed by atoms with Crippen molar-refractivity contribution < 1.29 is 9.59 Å². The normalized spacial score (nSPS) is 10.2. The third-order valence-electron chi connectivity index (χ3n) is 3.48. The number of carbonyl (C=O) groups excluding carboxylic acids is 2. The number of nitrogens with zero attached hydrogens (tertiary/aromatic N) is 1. The highest BCUT2D eigenvalue weighted by Gasteiger charge is 2.16. The molecule has 0 heterocycles. The van der Waals surface area contributed by atoms with Gasteiger partial charge in [-0.15, -0.1) is 0 Å². The summed E-state index contributed by atoms with van der Waals surface area (Å²) in [6.45, 7) is 3.71. The number of aryl methyl sites for hydroxylation is 1. The highest BCUT2D eigenvalue weighted by atomic mass is 35.5. The van der Waals surface area contributed by atoms with Gasteiger partial charge >= 0.3 is 0 Å². The van der Waals surface area contributed by atoms with Crippen LogP contribution in [0.25, 0.3) is 0 Å². The fourth-order valence-corrected chi connectivity index (χ4v) is 2.30. The Bertz CT molecular complexity index is 701. The molecule has 23 heavy (non-hydrogen) atoms. The van der Waals surface area contributed by atoms with Crippen LogP contribution in [0.2, 0.25) is 5.02 Å². The van der Waals surface area contributed by atoms with Crippen LogP contribution in [0, 0.1) is 6.92 Å². The number of halogens is 1. The van der Waals surface area contributed by atoms with Crippen LogP contribution in [0.4, 0.5) is 5.69 Å². The van der Waals surface area contributed by atoms with Crippen LogP contribution in [-0.4, -0.2) is 18.4 Å². The Balaban J connectivity index is 2.02. The van der Waals surface area contributed by atoms with Crippen molar-refractivity contribution in [2.75, 3.05) is 11.4 Å². The molecule has 0 fully saturated rings. The molecule has 0 spiro atoms. The van der Waals surface area contributed by atoms with Crippen LogP contribution >= 0.6 is 11.6 Å². The lowest BCUT2D eigenvalue weighted by atomic mass is 10.2. The van der Waals surface area contributed by atoms with Crippen molar-refractivity contribution in [3.63, 3.8) is 0 Å². The monoisotopic (exact) mass is 330 g/mol. The average Bonchev–Trinajstić information content (AvgIpc) is 2.54. The third-order valence-corrected chi connectivity index (χ3v) is 3.89. The van der Waals surface area contributed by atoms with E-state index in [1.54, 1.807) is 12.1 Å². The van der Waals surface area contributed by atoms with Crippen molar-refractivity contribution in [2.45, 2.75) is 20.4 Å². The maximum atomic E-state index is 12.1. The van der Waals surface area contributed by atoms with Crippen LogP contribution < -0.4 is 10.2 Å². The second-order valence-electron chi connectivity index (χ2n) is 5.30. The average molecular weight is 331 g/mol. The number of amides is 2. The SMILES string of the molecule is CC(=O)N(CC(=O)NCc1ccccc1)c1ccc(C)c(Cl)c1. The van der Waals surface area contributed by atoms with Gasteiger partial charge in [0.25, 0.3) is 0 Å².